The summed E-state index contributed by atoms with van der Waals surface area (Å²) in [4.78, 5) is 11.6. The lowest BCUT2D eigenvalue weighted by Crippen LogP contribution is -2.23. The minimum atomic E-state index is -0.907. The van der Waals surface area contributed by atoms with Crippen molar-refractivity contribution in [2.24, 2.45) is 0 Å². The lowest BCUT2D eigenvalue weighted by atomic mass is 9.98. The van der Waals surface area contributed by atoms with Crippen LogP contribution in [-0.2, 0) is 19.9 Å². The predicted octanol–water partition coefficient (Wildman–Crippen LogP) is 1.40. The Balaban J connectivity index is 2.38. The first kappa shape index (κ1) is 11.0. The van der Waals surface area contributed by atoms with E-state index in [4.69, 9.17) is 14.2 Å². The smallest absolute Gasteiger partial charge is 0.345 e. The van der Waals surface area contributed by atoms with E-state index in [-0.39, 0.29) is 5.97 Å². The molecule has 2 rings (SSSR count). The number of carbonyl (C=O) groups excluding carboxylic acids is 1. The third-order valence-corrected chi connectivity index (χ3v) is 2.82. The maximum absolute atomic E-state index is 11.6. The van der Waals surface area contributed by atoms with Crippen LogP contribution in [0.3, 0.4) is 0 Å². The maximum Gasteiger partial charge on any atom is 0.345 e. The van der Waals surface area contributed by atoms with Crippen LogP contribution in [0.1, 0.15) is 11.1 Å². The van der Waals surface area contributed by atoms with Crippen molar-refractivity contribution in [3.63, 3.8) is 0 Å². The zero-order valence-corrected chi connectivity index (χ0v) is 9.57. The first-order valence-corrected chi connectivity index (χ1v) is 5.01. The van der Waals surface area contributed by atoms with Crippen LogP contribution < -0.4 is 4.74 Å². The van der Waals surface area contributed by atoms with Gasteiger partial charge in [0.25, 0.3) is 0 Å². The molecular formula is C12H14O4. The molecule has 0 spiro atoms. The fourth-order valence-electron chi connectivity index (χ4n) is 1.71. The minimum Gasteiger partial charge on any atom is -0.496 e. The number of carbonyl (C=O) groups is 1. The molecule has 0 aromatic heterocycles. The molecule has 1 unspecified atom stereocenters. The average molecular weight is 222 g/mol. The molecule has 0 saturated carbocycles. The number of rotatable bonds is 3. The SMILES string of the molecule is COC(=O)C1(c2ccc(C)c(OC)c2)CO1. The molecule has 1 fully saturated rings. The molecule has 0 amide bonds. The Morgan fingerprint density at radius 2 is 2.12 bits per heavy atom. The summed E-state index contributed by atoms with van der Waals surface area (Å²) in [6, 6.07) is 5.58. The van der Waals surface area contributed by atoms with Gasteiger partial charge in [0.1, 0.15) is 5.75 Å². The normalized spacial score (nSPS) is 22.7. The Morgan fingerprint density at radius 1 is 1.44 bits per heavy atom. The second-order valence-electron chi connectivity index (χ2n) is 3.79. The van der Waals surface area contributed by atoms with Crippen molar-refractivity contribution in [3.8, 4) is 5.75 Å². The molecule has 86 valence electrons. The Kier molecular flexibility index (Phi) is 2.59. The van der Waals surface area contributed by atoms with E-state index < -0.39 is 5.60 Å². The van der Waals surface area contributed by atoms with Crippen molar-refractivity contribution in [1.82, 2.24) is 0 Å². The first-order valence-electron chi connectivity index (χ1n) is 5.01. The lowest BCUT2D eigenvalue weighted by molar-refractivity contribution is -0.147. The zero-order valence-electron chi connectivity index (χ0n) is 9.57. The highest BCUT2D eigenvalue weighted by atomic mass is 16.6. The van der Waals surface area contributed by atoms with Crippen LogP contribution in [-0.4, -0.2) is 26.8 Å². The standard InChI is InChI=1S/C12H14O4/c1-8-4-5-9(6-10(8)14-2)12(7-16-12)11(13)15-3/h4-6H,7H2,1-3H3. The topological polar surface area (TPSA) is 48.1 Å². The van der Waals surface area contributed by atoms with E-state index in [0.29, 0.717) is 6.61 Å². The van der Waals surface area contributed by atoms with Gasteiger partial charge < -0.3 is 14.2 Å². The van der Waals surface area contributed by atoms with Gasteiger partial charge in [0.15, 0.2) is 0 Å². The molecule has 1 aromatic carbocycles. The van der Waals surface area contributed by atoms with Crippen molar-refractivity contribution >= 4 is 5.97 Å². The molecule has 1 aromatic rings. The molecule has 4 nitrogen and oxygen atoms in total. The summed E-state index contributed by atoms with van der Waals surface area (Å²) in [7, 11) is 2.96. The number of aryl methyl sites for hydroxylation is 1. The predicted molar refractivity (Wildman–Crippen MR) is 57.4 cm³/mol. The van der Waals surface area contributed by atoms with Gasteiger partial charge in [-0.05, 0) is 18.6 Å². The van der Waals surface area contributed by atoms with Crippen LogP contribution >= 0.6 is 0 Å². The van der Waals surface area contributed by atoms with E-state index in [9.17, 15) is 4.79 Å². The lowest BCUT2D eigenvalue weighted by Gasteiger charge is -2.12. The molecule has 1 saturated heterocycles. The van der Waals surface area contributed by atoms with E-state index in [1.807, 2.05) is 25.1 Å². The molecule has 1 heterocycles. The Labute approximate surface area is 94.1 Å². The molecule has 0 N–H and O–H groups in total. The largest absolute Gasteiger partial charge is 0.496 e. The third-order valence-electron chi connectivity index (χ3n) is 2.82. The number of benzene rings is 1. The van der Waals surface area contributed by atoms with E-state index >= 15 is 0 Å². The van der Waals surface area contributed by atoms with Gasteiger partial charge in [-0.1, -0.05) is 12.1 Å². The van der Waals surface area contributed by atoms with Gasteiger partial charge in [-0.15, -0.1) is 0 Å². The maximum atomic E-state index is 11.6. The molecule has 1 atom stereocenters. The monoisotopic (exact) mass is 222 g/mol. The number of hydrogen-bond donors (Lipinski definition) is 0. The second-order valence-corrected chi connectivity index (χ2v) is 3.79. The summed E-state index contributed by atoms with van der Waals surface area (Å²) in [6.07, 6.45) is 0. The van der Waals surface area contributed by atoms with Gasteiger partial charge in [-0.2, -0.15) is 0 Å². The molecule has 0 radical (unpaired) electrons. The van der Waals surface area contributed by atoms with Crippen LogP contribution in [0.4, 0.5) is 0 Å². The number of epoxide rings is 1. The van der Waals surface area contributed by atoms with Crippen molar-refractivity contribution in [3.05, 3.63) is 29.3 Å². The average Bonchev–Trinajstić information content (AvgIpc) is 3.10. The van der Waals surface area contributed by atoms with Crippen LogP contribution in [0.2, 0.25) is 0 Å². The van der Waals surface area contributed by atoms with E-state index in [1.165, 1.54) is 7.11 Å². The Morgan fingerprint density at radius 3 is 2.62 bits per heavy atom. The summed E-state index contributed by atoms with van der Waals surface area (Å²) in [5.74, 6) is 0.384. The van der Waals surface area contributed by atoms with Crippen molar-refractivity contribution in [1.29, 1.82) is 0 Å². The minimum absolute atomic E-state index is 0.363. The van der Waals surface area contributed by atoms with Gasteiger partial charge in [0, 0.05) is 5.56 Å². The number of ether oxygens (including phenoxy) is 3. The van der Waals surface area contributed by atoms with Crippen molar-refractivity contribution in [2.75, 3.05) is 20.8 Å². The summed E-state index contributed by atoms with van der Waals surface area (Å²) in [5.41, 5.74) is 0.893. The highest BCUT2D eigenvalue weighted by Gasteiger charge is 2.55. The summed E-state index contributed by atoms with van der Waals surface area (Å²) < 4.78 is 15.2. The van der Waals surface area contributed by atoms with Gasteiger partial charge in [-0.25, -0.2) is 4.79 Å². The van der Waals surface area contributed by atoms with Gasteiger partial charge >= 0.3 is 5.97 Å². The van der Waals surface area contributed by atoms with E-state index in [2.05, 4.69) is 0 Å². The molecule has 0 aliphatic carbocycles. The number of esters is 1. The van der Waals surface area contributed by atoms with Gasteiger partial charge in [0.05, 0.1) is 20.8 Å². The van der Waals surface area contributed by atoms with Crippen LogP contribution in [0.15, 0.2) is 18.2 Å². The van der Waals surface area contributed by atoms with Crippen LogP contribution in [0.5, 0.6) is 5.75 Å². The van der Waals surface area contributed by atoms with E-state index in [0.717, 1.165) is 16.9 Å². The summed E-state index contributed by atoms with van der Waals surface area (Å²) in [5, 5.41) is 0. The first-order chi connectivity index (χ1) is 7.64. The zero-order chi connectivity index (χ0) is 11.8. The fourth-order valence-corrected chi connectivity index (χ4v) is 1.71. The summed E-state index contributed by atoms with van der Waals surface area (Å²) >= 11 is 0. The molecule has 0 bridgehead atoms. The fraction of sp³-hybridized carbons (Fsp3) is 0.417. The quantitative estimate of drug-likeness (QED) is 0.573. The summed E-state index contributed by atoms with van der Waals surface area (Å²) in [6.45, 7) is 2.31. The van der Waals surface area contributed by atoms with Gasteiger partial charge in [0.2, 0.25) is 5.60 Å². The number of hydrogen-bond acceptors (Lipinski definition) is 4. The Hall–Kier alpha value is -1.55. The van der Waals surface area contributed by atoms with Crippen molar-refractivity contribution in [2.45, 2.75) is 12.5 Å². The number of methoxy groups -OCH3 is 2. The van der Waals surface area contributed by atoms with Crippen molar-refractivity contribution < 1.29 is 19.0 Å². The van der Waals surface area contributed by atoms with E-state index in [1.54, 1.807) is 7.11 Å². The third kappa shape index (κ3) is 1.55. The second kappa shape index (κ2) is 3.79. The van der Waals surface area contributed by atoms with Crippen LogP contribution in [0, 0.1) is 6.92 Å². The Bertz CT molecular complexity index is 421. The highest BCUT2D eigenvalue weighted by molar-refractivity contribution is 5.84. The van der Waals surface area contributed by atoms with Gasteiger partial charge in [-0.3, -0.25) is 0 Å². The molecule has 1 aliphatic rings. The molecule has 16 heavy (non-hydrogen) atoms. The molecule has 1 aliphatic heterocycles. The molecular weight excluding hydrogens is 208 g/mol. The van der Waals surface area contributed by atoms with Crippen LogP contribution in [0.25, 0.3) is 0 Å². The molecule has 4 heteroatoms. The highest BCUT2D eigenvalue weighted by Crippen LogP contribution is 2.41.